The van der Waals surface area contributed by atoms with Crippen molar-refractivity contribution in [1.82, 2.24) is 4.98 Å². The topological polar surface area (TPSA) is 33.2 Å². The van der Waals surface area contributed by atoms with Crippen molar-refractivity contribution >= 4 is 22.8 Å². The van der Waals surface area contributed by atoms with Gasteiger partial charge in [-0.05, 0) is 25.7 Å². The van der Waals surface area contributed by atoms with Crippen LogP contribution in [-0.4, -0.2) is 24.4 Å². The van der Waals surface area contributed by atoms with Crippen LogP contribution in [0.25, 0.3) is 0 Å². The molecule has 0 bridgehead atoms. The van der Waals surface area contributed by atoms with Crippen LogP contribution in [0.1, 0.15) is 66.2 Å². The fourth-order valence-corrected chi connectivity index (χ4v) is 3.66. The second kappa shape index (κ2) is 5.39. The predicted molar refractivity (Wildman–Crippen MR) is 74.8 cm³/mol. The summed E-state index contributed by atoms with van der Waals surface area (Å²) in [5.74, 6) is 0.574. The van der Waals surface area contributed by atoms with Crippen molar-refractivity contribution < 1.29 is 4.79 Å². The van der Waals surface area contributed by atoms with E-state index in [-0.39, 0.29) is 0 Å². The van der Waals surface area contributed by atoms with Crippen molar-refractivity contribution in [2.24, 2.45) is 0 Å². The minimum atomic E-state index is 0.574. The Hall–Kier alpha value is -0.900. The monoisotopic (exact) mass is 264 g/mol. The number of hydrogen-bond donors (Lipinski definition) is 0. The maximum Gasteiger partial charge on any atom is 0.186 e. The van der Waals surface area contributed by atoms with Crippen LogP contribution in [0.15, 0.2) is 0 Å². The molecule has 98 valence electrons. The summed E-state index contributed by atoms with van der Waals surface area (Å²) in [6, 6.07) is 0. The molecular weight excluding hydrogens is 244 g/mol. The highest BCUT2D eigenvalue weighted by Gasteiger charge is 2.30. The summed E-state index contributed by atoms with van der Waals surface area (Å²) in [4.78, 5) is 19.1. The lowest BCUT2D eigenvalue weighted by atomic mass is 10.1. The molecule has 1 aliphatic heterocycles. The third-order valence-electron chi connectivity index (χ3n) is 3.87. The Morgan fingerprint density at radius 3 is 2.39 bits per heavy atom. The molecule has 0 spiro atoms. The van der Waals surface area contributed by atoms with E-state index in [0.29, 0.717) is 5.92 Å². The van der Waals surface area contributed by atoms with Crippen LogP contribution >= 0.6 is 11.3 Å². The van der Waals surface area contributed by atoms with E-state index in [0.717, 1.165) is 35.1 Å². The summed E-state index contributed by atoms with van der Waals surface area (Å²) in [7, 11) is 0. The van der Waals surface area contributed by atoms with Gasteiger partial charge in [0.05, 0.1) is 10.6 Å². The van der Waals surface area contributed by atoms with E-state index in [1.807, 2.05) is 0 Å². The molecular formula is C14H20N2OS. The number of aldehydes is 1. The zero-order valence-corrected chi connectivity index (χ0v) is 11.5. The van der Waals surface area contributed by atoms with Crippen molar-refractivity contribution in [1.29, 1.82) is 0 Å². The molecule has 1 aromatic rings. The molecule has 0 atom stereocenters. The van der Waals surface area contributed by atoms with E-state index in [1.54, 1.807) is 11.3 Å². The first-order valence-electron chi connectivity index (χ1n) is 7.09. The molecule has 2 heterocycles. The van der Waals surface area contributed by atoms with Gasteiger partial charge in [0.2, 0.25) is 0 Å². The van der Waals surface area contributed by atoms with Crippen LogP contribution in [0, 0.1) is 0 Å². The largest absolute Gasteiger partial charge is 0.348 e. The standard InChI is InChI=1S/C14H20N2OS/c17-10-12-13(11-6-7-11)15-14(18-12)16-8-4-2-1-3-5-9-16/h10-11H,1-9H2. The number of rotatable bonds is 3. The molecule has 0 N–H and O–H groups in total. The highest BCUT2D eigenvalue weighted by atomic mass is 32.1. The number of thiazole rings is 1. The molecule has 4 heteroatoms. The fourth-order valence-electron chi connectivity index (χ4n) is 2.64. The van der Waals surface area contributed by atoms with Crippen molar-refractivity contribution in [3.8, 4) is 0 Å². The average Bonchev–Trinajstić information content (AvgIpc) is 3.09. The van der Waals surface area contributed by atoms with E-state index >= 15 is 0 Å². The molecule has 1 aromatic heterocycles. The minimum absolute atomic E-state index is 0.574. The highest BCUT2D eigenvalue weighted by molar-refractivity contribution is 7.17. The molecule has 0 aromatic carbocycles. The van der Waals surface area contributed by atoms with E-state index in [9.17, 15) is 4.79 Å². The molecule has 0 amide bonds. The third-order valence-corrected chi connectivity index (χ3v) is 4.92. The predicted octanol–water partition coefficient (Wildman–Crippen LogP) is 3.60. The Morgan fingerprint density at radius 2 is 1.78 bits per heavy atom. The summed E-state index contributed by atoms with van der Waals surface area (Å²) in [6.45, 7) is 2.21. The second-order valence-electron chi connectivity index (χ2n) is 5.39. The first kappa shape index (κ1) is 12.2. The van der Waals surface area contributed by atoms with Crippen molar-refractivity contribution in [3.63, 3.8) is 0 Å². The zero-order chi connectivity index (χ0) is 12.4. The van der Waals surface area contributed by atoms with Gasteiger partial charge >= 0.3 is 0 Å². The fraction of sp³-hybridized carbons (Fsp3) is 0.714. The van der Waals surface area contributed by atoms with Gasteiger partial charge in [0.1, 0.15) is 0 Å². The van der Waals surface area contributed by atoms with Crippen LogP contribution in [0.4, 0.5) is 5.13 Å². The van der Waals surface area contributed by atoms with E-state index in [2.05, 4.69) is 4.90 Å². The number of carbonyl (C=O) groups excluding carboxylic acids is 1. The maximum atomic E-state index is 11.1. The Balaban J connectivity index is 1.79. The molecule has 1 aliphatic carbocycles. The van der Waals surface area contributed by atoms with E-state index in [4.69, 9.17) is 4.98 Å². The summed E-state index contributed by atoms with van der Waals surface area (Å²) in [6.07, 6.45) is 9.98. The van der Waals surface area contributed by atoms with E-state index < -0.39 is 0 Å². The summed E-state index contributed by atoms with van der Waals surface area (Å²) in [5, 5.41) is 1.08. The SMILES string of the molecule is O=Cc1sc(N2CCCCCCC2)nc1C1CC1. The van der Waals surface area contributed by atoms with Crippen LogP contribution in [-0.2, 0) is 0 Å². The summed E-state index contributed by atoms with van der Waals surface area (Å²) < 4.78 is 0. The van der Waals surface area contributed by atoms with Crippen LogP contribution in [0.2, 0.25) is 0 Å². The first-order valence-corrected chi connectivity index (χ1v) is 7.91. The lowest BCUT2D eigenvalue weighted by Crippen LogP contribution is -2.26. The Kier molecular flexibility index (Phi) is 3.64. The highest BCUT2D eigenvalue weighted by Crippen LogP contribution is 2.43. The molecule has 2 aliphatic rings. The summed E-state index contributed by atoms with van der Waals surface area (Å²) >= 11 is 1.60. The van der Waals surface area contributed by atoms with Gasteiger partial charge in [0.25, 0.3) is 0 Å². The average molecular weight is 264 g/mol. The molecule has 1 saturated carbocycles. The minimum Gasteiger partial charge on any atom is -0.348 e. The van der Waals surface area contributed by atoms with E-state index in [1.165, 1.54) is 44.9 Å². The normalized spacial score (nSPS) is 21.4. The number of hydrogen-bond acceptors (Lipinski definition) is 4. The molecule has 2 fully saturated rings. The Morgan fingerprint density at radius 1 is 1.11 bits per heavy atom. The van der Waals surface area contributed by atoms with Crippen molar-refractivity contribution in [2.75, 3.05) is 18.0 Å². The van der Waals surface area contributed by atoms with Gasteiger partial charge in [-0.1, -0.05) is 30.6 Å². The quantitative estimate of drug-likeness (QED) is 0.782. The number of nitrogens with zero attached hydrogens (tertiary/aromatic N) is 2. The van der Waals surface area contributed by atoms with Crippen LogP contribution < -0.4 is 4.90 Å². The van der Waals surface area contributed by atoms with Gasteiger partial charge in [0, 0.05) is 19.0 Å². The lowest BCUT2D eigenvalue weighted by molar-refractivity contribution is 0.112. The molecule has 0 radical (unpaired) electrons. The van der Waals surface area contributed by atoms with Crippen LogP contribution in [0.3, 0.4) is 0 Å². The number of carbonyl (C=O) groups is 1. The van der Waals surface area contributed by atoms with Gasteiger partial charge in [-0.3, -0.25) is 4.79 Å². The van der Waals surface area contributed by atoms with Gasteiger partial charge in [-0.2, -0.15) is 0 Å². The smallest absolute Gasteiger partial charge is 0.186 e. The second-order valence-corrected chi connectivity index (χ2v) is 6.40. The first-order chi connectivity index (χ1) is 8.88. The third kappa shape index (κ3) is 2.58. The molecule has 3 nitrogen and oxygen atoms in total. The molecule has 3 rings (SSSR count). The number of anilines is 1. The lowest BCUT2D eigenvalue weighted by Gasteiger charge is -2.23. The van der Waals surface area contributed by atoms with Gasteiger partial charge in [0.15, 0.2) is 11.4 Å². The van der Waals surface area contributed by atoms with Gasteiger partial charge < -0.3 is 4.90 Å². The van der Waals surface area contributed by atoms with Crippen molar-refractivity contribution in [2.45, 2.75) is 50.9 Å². The van der Waals surface area contributed by atoms with Crippen molar-refractivity contribution in [3.05, 3.63) is 10.6 Å². The Bertz CT molecular complexity index is 417. The number of aromatic nitrogens is 1. The Labute approximate surface area is 112 Å². The zero-order valence-electron chi connectivity index (χ0n) is 10.7. The molecule has 1 saturated heterocycles. The molecule has 0 unspecified atom stereocenters. The molecule has 18 heavy (non-hydrogen) atoms. The maximum absolute atomic E-state index is 11.1. The van der Waals surface area contributed by atoms with Gasteiger partial charge in [-0.15, -0.1) is 0 Å². The summed E-state index contributed by atoms with van der Waals surface area (Å²) in [5.41, 5.74) is 1.08. The van der Waals surface area contributed by atoms with Gasteiger partial charge in [-0.25, -0.2) is 4.98 Å². The van der Waals surface area contributed by atoms with Crippen LogP contribution in [0.5, 0.6) is 0 Å².